The average Bonchev–Trinajstić information content (AvgIpc) is 2.75. The van der Waals surface area contributed by atoms with Crippen LogP contribution in [0, 0.1) is 6.92 Å². The van der Waals surface area contributed by atoms with Gasteiger partial charge in [-0.2, -0.15) is 0 Å². The van der Waals surface area contributed by atoms with E-state index in [0.717, 1.165) is 38.4 Å². The first-order chi connectivity index (χ1) is 14.0. The fourth-order valence-corrected chi connectivity index (χ4v) is 3.87. The molecule has 0 amide bonds. The van der Waals surface area contributed by atoms with Gasteiger partial charge in [0.05, 0.1) is 0 Å². The number of piperazine rings is 1. The van der Waals surface area contributed by atoms with Crippen molar-refractivity contribution >= 4 is 17.3 Å². The molecular weight excluding hydrogens is 366 g/mol. The molecule has 1 fully saturated rings. The minimum atomic E-state index is -0.288. The number of carbonyl (C=O) groups excluding carboxylic acids is 2. The van der Waals surface area contributed by atoms with Gasteiger partial charge in [-0.3, -0.25) is 19.5 Å². The van der Waals surface area contributed by atoms with Crippen molar-refractivity contribution in [2.75, 3.05) is 44.2 Å². The summed E-state index contributed by atoms with van der Waals surface area (Å²) in [4.78, 5) is 34.1. The van der Waals surface area contributed by atoms with E-state index < -0.39 is 0 Å². The highest BCUT2D eigenvalue weighted by Gasteiger charge is 2.30. The monoisotopic (exact) mass is 391 g/mol. The lowest BCUT2D eigenvalue weighted by molar-refractivity contribution is 0.0966. The number of fused-ring (bicyclic) bond motifs is 1. The summed E-state index contributed by atoms with van der Waals surface area (Å²) in [5.74, 6) is -0.500. The van der Waals surface area contributed by atoms with E-state index in [9.17, 15) is 9.59 Å². The summed E-state index contributed by atoms with van der Waals surface area (Å²) in [6.45, 7) is 7.11. The van der Waals surface area contributed by atoms with Gasteiger partial charge in [-0.05, 0) is 19.1 Å². The van der Waals surface area contributed by atoms with Gasteiger partial charge in [-0.25, -0.2) is 0 Å². The summed E-state index contributed by atoms with van der Waals surface area (Å²) in [6, 6.07) is 11.0. The first-order valence-corrected chi connectivity index (χ1v) is 9.86. The number of anilines is 1. The van der Waals surface area contributed by atoms with Crippen LogP contribution < -0.4 is 16.0 Å². The number of hydrogen-bond donors (Lipinski definition) is 2. The molecule has 1 aromatic carbocycles. The molecule has 0 atom stereocenters. The second-order valence-corrected chi connectivity index (χ2v) is 7.40. The number of rotatable bonds is 5. The molecule has 2 aromatic rings. The molecule has 0 saturated carbocycles. The Labute approximate surface area is 170 Å². The Morgan fingerprint density at radius 2 is 1.72 bits per heavy atom. The number of nitrogens with zero attached hydrogens (tertiary/aromatic N) is 3. The predicted molar refractivity (Wildman–Crippen MR) is 112 cm³/mol. The lowest BCUT2D eigenvalue weighted by Crippen LogP contribution is -2.48. The summed E-state index contributed by atoms with van der Waals surface area (Å²) in [6.07, 6.45) is 1.85. The van der Waals surface area contributed by atoms with Crippen LogP contribution in [0.15, 0.2) is 54.0 Å². The average molecular weight is 391 g/mol. The zero-order chi connectivity index (χ0) is 20.4. The number of allylic oxidation sites excluding steroid dienone is 2. The van der Waals surface area contributed by atoms with Gasteiger partial charge in [0, 0.05) is 68.0 Å². The first kappa shape index (κ1) is 19.1. The molecule has 0 unspecified atom stereocenters. The molecule has 0 bridgehead atoms. The van der Waals surface area contributed by atoms with Gasteiger partial charge in [-0.1, -0.05) is 24.3 Å². The van der Waals surface area contributed by atoms with Crippen LogP contribution in [0.1, 0.15) is 26.4 Å². The molecule has 1 aliphatic heterocycles. The van der Waals surface area contributed by atoms with E-state index in [1.807, 2.05) is 19.2 Å². The largest absolute Gasteiger partial charge is 0.394 e. The van der Waals surface area contributed by atoms with Crippen molar-refractivity contribution in [2.45, 2.75) is 6.92 Å². The fourth-order valence-electron chi connectivity index (χ4n) is 3.87. The molecule has 1 aliphatic carbocycles. The van der Waals surface area contributed by atoms with Crippen LogP contribution in [-0.2, 0) is 0 Å². The lowest BCUT2D eigenvalue weighted by atomic mass is 9.90. The standard InChI is InChI=1S/C22H25N5O2/c1-15-14-16(6-7-24-15)27-12-10-26(11-13-27)9-8-25-20-19(23)21(28)17-4-2-3-5-18(17)22(20)29/h2-7,14,25H,8-13,23H2,1H3. The molecule has 2 aliphatic rings. The molecule has 1 saturated heterocycles. The number of nitrogens with one attached hydrogen (secondary N) is 1. The molecule has 0 radical (unpaired) electrons. The maximum atomic E-state index is 12.7. The summed E-state index contributed by atoms with van der Waals surface area (Å²) < 4.78 is 0. The van der Waals surface area contributed by atoms with Crippen LogP contribution >= 0.6 is 0 Å². The minimum Gasteiger partial charge on any atom is -0.394 e. The predicted octanol–water partition coefficient (Wildman–Crippen LogP) is 1.35. The van der Waals surface area contributed by atoms with Crippen LogP contribution in [0.5, 0.6) is 0 Å². The molecule has 1 aromatic heterocycles. The fraction of sp³-hybridized carbons (Fsp3) is 0.318. The molecule has 7 heteroatoms. The number of hydrogen-bond acceptors (Lipinski definition) is 7. The SMILES string of the molecule is Cc1cc(N2CCN(CCNC3=C(N)C(=O)c4ccccc4C3=O)CC2)ccn1. The van der Waals surface area contributed by atoms with Crippen molar-refractivity contribution in [3.8, 4) is 0 Å². The Bertz CT molecular complexity index is 977. The number of aryl methyl sites for hydroxylation is 1. The third-order valence-corrected chi connectivity index (χ3v) is 5.50. The Kier molecular flexibility index (Phi) is 5.31. The third-order valence-electron chi connectivity index (χ3n) is 5.50. The normalized spacial score (nSPS) is 17.5. The maximum absolute atomic E-state index is 12.7. The Balaban J connectivity index is 1.31. The van der Waals surface area contributed by atoms with Crippen molar-refractivity contribution in [3.05, 3.63) is 70.8 Å². The Morgan fingerprint density at radius 1 is 1.03 bits per heavy atom. The number of Topliss-reactive ketones (excluding diaryl/α,β-unsaturated/α-hetero) is 2. The number of aromatic nitrogens is 1. The van der Waals surface area contributed by atoms with Crippen molar-refractivity contribution in [2.24, 2.45) is 5.73 Å². The summed E-state index contributed by atoms with van der Waals surface area (Å²) >= 11 is 0. The van der Waals surface area contributed by atoms with E-state index >= 15 is 0 Å². The summed E-state index contributed by atoms with van der Waals surface area (Å²) in [5.41, 5.74) is 9.21. The Morgan fingerprint density at radius 3 is 2.41 bits per heavy atom. The number of benzene rings is 1. The maximum Gasteiger partial charge on any atom is 0.211 e. The first-order valence-electron chi connectivity index (χ1n) is 9.86. The summed E-state index contributed by atoms with van der Waals surface area (Å²) in [7, 11) is 0. The number of ketones is 2. The Hall–Kier alpha value is -3.19. The van der Waals surface area contributed by atoms with Gasteiger partial charge in [0.1, 0.15) is 11.4 Å². The smallest absolute Gasteiger partial charge is 0.211 e. The molecule has 0 spiro atoms. The molecule has 29 heavy (non-hydrogen) atoms. The van der Waals surface area contributed by atoms with Gasteiger partial charge < -0.3 is 16.0 Å². The van der Waals surface area contributed by atoms with Gasteiger partial charge in [0.25, 0.3) is 0 Å². The van der Waals surface area contributed by atoms with Crippen LogP contribution in [0.2, 0.25) is 0 Å². The van der Waals surface area contributed by atoms with E-state index in [-0.39, 0.29) is 23.0 Å². The van der Waals surface area contributed by atoms with Crippen molar-refractivity contribution < 1.29 is 9.59 Å². The second-order valence-electron chi connectivity index (χ2n) is 7.40. The second kappa shape index (κ2) is 8.05. The molecular formula is C22H25N5O2. The lowest BCUT2D eigenvalue weighted by Gasteiger charge is -2.36. The zero-order valence-corrected chi connectivity index (χ0v) is 16.5. The van der Waals surface area contributed by atoms with Crippen LogP contribution in [0.25, 0.3) is 0 Å². The van der Waals surface area contributed by atoms with Crippen LogP contribution in [0.4, 0.5) is 5.69 Å². The number of carbonyl (C=O) groups is 2. The van der Waals surface area contributed by atoms with Crippen molar-refractivity contribution in [1.29, 1.82) is 0 Å². The van der Waals surface area contributed by atoms with Gasteiger partial charge >= 0.3 is 0 Å². The minimum absolute atomic E-state index is 0.00609. The van der Waals surface area contributed by atoms with E-state index in [4.69, 9.17) is 5.73 Å². The van der Waals surface area contributed by atoms with E-state index in [1.54, 1.807) is 24.3 Å². The van der Waals surface area contributed by atoms with Crippen LogP contribution in [-0.4, -0.2) is 60.7 Å². The highest BCUT2D eigenvalue weighted by Crippen LogP contribution is 2.22. The molecule has 150 valence electrons. The summed E-state index contributed by atoms with van der Waals surface area (Å²) in [5, 5.41) is 3.11. The third kappa shape index (κ3) is 3.86. The molecule has 4 rings (SSSR count). The molecule has 3 N–H and O–H groups in total. The van der Waals surface area contributed by atoms with Gasteiger partial charge in [0.15, 0.2) is 0 Å². The van der Waals surface area contributed by atoms with E-state index in [2.05, 4.69) is 26.2 Å². The molecule has 2 heterocycles. The van der Waals surface area contributed by atoms with E-state index in [0.29, 0.717) is 17.7 Å². The molecule has 7 nitrogen and oxygen atoms in total. The topological polar surface area (TPSA) is 91.6 Å². The van der Waals surface area contributed by atoms with Crippen molar-refractivity contribution in [1.82, 2.24) is 15.2 Å². The van der Waals surface area contributed by atoms with Crippen LogP contribution in [0.3, 0.4) is 0 Å². The number of pyridine rings is 1. The highest BCUT2D eigenvalue weighted by atomic mass is 16.1. The number of nitrogens with two attached hydrogens (primary N) is 1. The van der Waals surface area contributed by atoms with Gasteiger partial charge in [0.2, 0.25) is 11.6 Å². The highest BCUT2D eigenvalue weighted by molar-refractivity contribution is 6.26. The van der Waals surface area contributed by atoms with E-state index in [1.165, 1.54) is 5.69 Å². The van der Waals surface area contributed by atoms with Gasteiger partial charge in [-0.15, -0.1) is 0 Å². The quantitative estimate of drug-likeness (QED) is 0.795. The zero-order valence-electron chi connectivity index (χ0n) is 16.5. The van der Waals surface area contributed by atoms with Crippen molar-refractivity contribution in [3.63, 3.8) is 0 Å².